The molecule has 96 valence electrons. The first-order chi connectivity index (χ1) is 7.99. The third-order valence-electron chi connectivity index (χ3n) is 2.19. The van der Waals surface area contributed by atoms with Crippen LogP contribution in [-0.2, 0) is 11.3 Å². The van der Waals surface area contributed by atoms with E-state index >= 15 is 0 Å². The molecule has 0 fully saturated rings. The summed E-state index contributed by atoms with van der Waals surface area (Å²) in [6, 6.07) is 9.35. The summed E-state index contributed by atoms with van der Waals surface area (Å²) in [5, 5.41) is 2.70. The second kappa shape index (κ2) is 6.67. The van der Waals surface area contributed by atoms with Crippen molar-refractivity contribution in [2.75, 3.05) is 13.2 Å². The molecule has 0 bridgehead atoms. The van der Waals surface area contributed by atoms with Gasteiger partial charge in [-0.1, -0.05) is 44.2 Å². The zero-order chi connectivity index (χ0) is 12.7. The lowest BCUT2D eigenvalue weighted by Crippen LogP contribution is -2.39. The van der Waals surface area contributed by atoms with Crippen molar-refractivity contribution < 1.29 is 13.5 Å². The first-order valence-corrected chi connectivity index (χ1v) is 5.72. The van der Waals surface area contributed by atoms with Crippen molar-refractivity contribution in [1.82, 2.24) is 5.32 Å². The third-order valence-corrected chi connectivity index (χ3v) is 2.19. The smallest absolute Gasteiger partial charge is 0.283 e. The van der Waals surface area contributed by atoms with E-state index in [0.717, 1.165) is 5.56 Å². The van der Waals surface area contributed by atoms with E-state index in [-0.39, 0.29) is 19.2 Å². The summed E-state index contributed by atoms with van der Waals surface area (Å²) in [6.45, 7) is 2.99. The summed E-state index contributed by atoms with van der Waals surface area (Å²) in [6.07, 6.45) is 0. The number of ether oxygens (including phenoxy) is 1. The number of hydrogen-bond acceptors (Lipinski definition) is 2. The average molecular weight is 243 g/mol. The van der Waals surface area contributed by atoms with Crippen molar-refractivity contribution in [2.45, 2.75) is 32.4 Å². The molecule has 1 rings (SSSR count). The van der Waals surface area contributed by atoms with Gasteiger partial charge in [-0.05, 0) is 5.56 Å². The Morgan fingerprint density at radius 1 is 1.24 bits per heavy atom. The number of rotatable bonds is 7. The van der Waals surface area contributed by atoms with Crippen molar-refractivity contribution in [3.63, 3.8) is 0 Å². The van der Waals surface area contributed by atoms with Crippen LogP contribution in [0.25, 0.3) is 0 Å². The first kappa shape index (κ1) is 14.1. The van der Waals surface area contributed by atoms with Crippen molar-refractivity contribution in [1.29, 1.82) is 0 Å². The maximum absolute atomic E-state index is 13.3. The van der Waals surface area contributed by atoms with Gasteiger partial charge in [0.05, 0.1) is 13.2 Å². The van der Waals surface area contributed by atoms with E-state index in [0.29, 0.717) is 0 Å². The average Bonchev–Trinajstić information content (AvgIpc) is 2.28. The molecule has 0 amide bonds. The van der Waals surface area contributed by atoms with Crippen LogP contribution in [0.2, 0.25) is 0 Å². The molecule has 0 aliphatic heterocycles. The lowest BCUT2D eigenvalue weighted by Gasteiger charge is -2.18. The zero-order valence-electron chi connectivity index (χ0n) is 10.2. The number of hydrogen-bond donors (Lipinski definition) is 1. The van der Waals surface area contributed by atoms with Crippen LogP contribution in [-0.4, -0.2) is 25.1 Å². The van der Waals surface area contributed by atoms with Crippen LogP contribution < -0.4 is 5.32 Å². The van der Waals surface area contributed by atoms with Gasteiger partial charge < -0.3 is 10.1 Å². The van der Waals surface area contributed by atoms with E-state index in [1.165, 1.54) is 0 Å². The molecular formula is C13H19F2NO. The molecule has 1 aromatic rings. The monoisotopic (exact) mass is 243 g/mol. The van der Waals surface area contributed by atoms with Crippen molar-refractivity contribution in [2.24, 2.45) is 0 Å². The molecule has 0 aliphatic rings. The molecular weight excluding hydrogens is 224 g/mol. The van der Waals surface area contributed by atoms with Gasteiger partial charge in [0.2, 0.25) is 0 Å². The summed E-state index contributed by atoms with van der Waals surface area (Å²) >= 11 is 0. The normalized spacial score (nSPS) is 12.1. The zero-order valence-corrected chi connectivity index (χ0v) is 10.2. The molecule has 0 heterocycles. The minimum atomic E-state index is -2.82. The van der Waals surface area contributed by atoms with Crippen LogP contribution in [0.4, 0.5) is 8.78 Å². The van der Waals surface area contributed by atoms with E-state index in [1.54, 1.807) is 0 Å². The Kier molecular flexibility index (Phi) is 5.51. The number of benzene rings is 1. The highest BCUT2D eigenvalue weighted by atomic mass is 19.3. The molecule has 1 N–H and O–H groups in total. The Hall–Kier alpha value is -1.00. The predicted octanol–water partition coefficient (Wildman–Crippen LogP) is 2.84. The minimum absolute atomic E-state index is 0.0509. The topological polar surface area (TPSA) is 21.3 Å². The van der Waals surface area contributed by atoms with E-state index in [4.69, 9.17) is 4.74 Å². The van der Waals surface area contributed by atoms with E-state index in [2.05, 4.69) is 5.32 Å². The fraction of sp³-hybridized carbons (Fsp3) is 0.538. The number of nitrogens with one attached hydrogen (secondary N) is 1. The van der Waals surface area contributed by atoms with Gasteiger partial charge in [-0.2, -0.15) is 0 Å². The highest BCUT2D eigenvalue weighted by Gasteiger charge is 2.28. The molecule has 0 saturated heterocycles. The second-order valence-electron chi connectivity index (χ2n) is 4.37. The number of halogens is 2. The summed E-state index contributed by atoms with van der Waals surface area (Å²) in [7, 11) is 0. The largest absolute Gasteiger partial charge is 0.370 e. The van der Waals surface area contributed by atoms with Crippen molar-refractivity contribution in [3.8, 4) is 0 Å². The van der Waals surface area contributed by atoms with Gasteiger partial charge in [-0.25, -0.2) is 8.78 Å². The van der Waals surface area contributed by atoms with E-state index in [9.17, 15) is 8.78 Å². The molecule has 0 aromatic heterocycles. The minimum Gasteiger partial charge on any atom is -0.370 e. The predicted molar refractivity (Wildman–Crippen MR) is 64.2 cm³/mol. The molecule has 0 atom stereocenters. The van der Waals surface area contributed by atoms with Gasteiger partial charge in [0.15, 0.2) is 0 Å². The van der Waals surface area contributed by atoms with Gasteiger partial charge in [-0.3, -0.25) is 0 Å². The number of alkyl halides is 2. The highest BCUT2D eigenvalue weighted by molar-refractivity contribution is 5.13. The Labute approximate surface area is 101 Å². The Balaban J connectivity index is 2.25. The maximum atomic E-state index is 13.3. The molecule has 0 aliphatic carbocycles. The quantitative estimate of drug-likeness (QED) is 0.795. The summed E-state index contributed by atoms with van der Waals surface area (Å²) in [4.78, 5) is 0. The Morgan fingerprint density at radius 2 is 1.88 bits per heavy atom. The van der Waals surface area contributed by atoms with Crippen LogP contribution in [0.3, 0.4) is 0 Å². The summed E-state index contributed by atoms with van der Waals surface area (Å²) in [5.41, 5.74) is 0.903. The first-order valence-electron chi connectivity index (χ1n) is 5.72. The van der Waals surface area contributed by atoms with Gasteiger partial charge in [0.1, 0.15) is 6.61 Å². The fourth-order valence-corrected chi connectivity index (χ4v) is 1.30. The lowest BCUT2D eigenvalue weighted by atomic mass is 10.2. The molecule has 2 nitrogen and oxygen atoms in total. The third kappa shape index (κ3) is 6.34. The molecule has 0 spiro atoms. The van der Waals surface area contributed by atoms with Crippen LogP contribution in [0.1, 0.15) is 19.4 Å². The van der Waals surface area contributed by atoms with E-state index in [1.807, 2.05) is 44.2 Å². The van der Waals surface area contributed by atoms with Crippen LogP contribution >= 0.6 is 0 Å². The van der Waals surface area contributed by atoms with Crippen molar-refractivity contribution in [3.05, 3.63) is 35.9 Å². The van der Waals surface area contributed by atoms with Crippen LogP contribution in [0, 0.1) is 0 Å². The van der Waals surface area contributed by atoms with Gasteiger partial charge >= 0.3 is 0 Å². The SMILES string of the molecule is CC(C)NCC(F)(F)COCc1ccccc1. The van der Waals surface area contributed by atoms with E-state index < -0.39 is 12.5 Å². The molecule has 1 aromatic carbocycles. The van der Waals surface area contributed by atoms with Gasteiger partial charge in [-0.15, -0.1) is 0 Å². The molecule has 0 saturated carbocycles. The van der Waals surface area contributed by atoms with Gasteiger partial charge in [0.25, 0.3) is 5.92 Å². The maximum Gasteiger partial charge on any atom is 0.283 e. The standard InChI is InChI=1S/C13H19F2NO/c1-11(2)16-9-13(14,15)10-17-8-12-6-4-3-5-7-12/h3-7,11,16H,8-10H2,1-2H3. The fourth-order valence-electron chi connectivity index (χ4n) is 1.30. The summed E-state index contributed by atoms with van der Waals surface area (Å²) < 4.78 is 31.6. The van der Waals surface area contributed by atoms with Crippen LogP contribution in [0.5, 0.6) is 0 Å². The molecule has 0 unspecified atom stereocenters. The second-order valence-corrected chi connectivity index (χ2v) is 4.37. The van der Waals surface area contributed by atoms with Crippen molar-refractivity contribution >= 4 is 0 Å². The highest BCUT2D eigenvalue weighted by Crippen LogP contribution is 2.14. The molecule has 0 radical (unpaired) electrons. The molecule has 17 heavy (non-hydrogen) atoms. The summed E-state index contributed by atoms with van der Waals surface area (Å²) in [5.74, 6) is -2.82. The lowest BCUT2D eigenvalue weighted by molar-refractivity contribution is -0.0801. The Bertz CT molecular complexity index is 314. The molecule has 4 heteroatoms. The Morgan fingerprint density at radius 3 is 2.47 bits per heavy atom. The van der Waals surface area contributed by atoms with Gasteiger partial charge in [0, 0.05) is 6.04 Å². The van der Waals surface area contributed by atoms with Crippen LogP contribution in [0.15, 0.2) is 30.3 Å².